The number of methoxy groups -OCH3 is 1. The summed E-state index contributed by atoms with van der Waals surface area (Å²) in [6.45, 7) is 4.22. The Morgan fingerprint density at radius 2 is 2.15 bits per heavy atom. The maximum Gasteiger partial charge on any atom is 0.239 e. The van der Waals surface area contributed by atoms with E-state index >= 15 is 0 Å². The molecular weight excluding hydrogens is 276 g/mol. The minimum Gasteiger partial charge on any atom is -0.496 e. The Morgan fingerprint density at radius 1 is 1.45 bits per heavy atom. The van der Waals surface area contributed by atoms with Crippen LogP contribution in [0.5, 0.6) is 5.75 Å². The summed E-state index contributed by atoms with van der Waals surface area (Å²) < 4.78 is 5.30. The molecule has 1 amide bonds. The third kappa shape index (κ3) is 3.64. The molecule has 5 heteroatoms. The van der Waals surface area contributed by atoms with E-state index in [0.29, 0.717) is 11.6 Å². The number of carbonyl (C=O) groups excluding carboxylic acids is 1. The van der Waals surface area contributed by atoms with Gasteiger partial charge in [-0.15, -0.1) is 0 Å². The number of hydrogen-bond acceptors (Lipinski definition) is 3. The lowest BCUT2D eigenvalue weighted by Crippen LogP contribution is -2.43. The summed E-state index contributed by atoms with van der Waals surface area (Å²) in [5.74, 6) is 0.950. The van der Waals surface area contributed by atoms with Gasteiger partial charge >= 0.3 is 0 Å². The third-order valence-electron chi connectivity index (χ3n) is 3.63. The molecule has 4 nitrogen and oxygen atoms in total. The third-order valence-corrected chi connectivity index (χ3v) is 3.86. The molecule has 1 N–H and O–H groups in total. The van der Waals surface area contributed by atoms with Crippen molar-refractivity contribution < 1.29 is 9.53 Å². The van der Waals surface area contributed by atoms with Crippen LogP contribution in [0.25, 0.3) is 0 Å². The van der Waals surface area contributed by atoms with Gasteiger partial charge in [0.15, 0.2) is 0 Å². The minimum absolute atomic E-state index is 0.170. The standard InChI is InChI=1S/C15H21ClN2O2/c1-11(15(19)18-7-3-4-8-18)17-10-12-9-13(16)5-6-14(12)20-2/h5-6,9,11,17H,3-4,7-8,10H2,1-2H3. The Bertz CT molecular complexity index is 473. The number of hydrogen-bond donors (Lipinski definition) is 1. The Morgan fingerprint density at radius 3 is 2.80 bits per heavy atom. The van der Waals surface area contributed by atoms with E-state index in [1.165, 1.54) is 0 Å². The molecule has 1 aromatic carbocycles. The second-order valence-electron chi connectivity index (χ2n) is 5.09. The second kappa shape index (κ2) is 6.95. The Hall–Kier alpha value is -1.26. The van der Waals surface area contributed by atoms with Gasteiger partial charge in [0.05, 0.1) is 13.2 Å². The lowest BCUT2D eigenvalue weighted by molar-refractivity contribution is -0.131. The molecule has 0 aromatic heterocycles. The van der Waals surface area contributed by atoms with Gasteiger partial charge in [0.25, 0.3) is 0 Å². The topological polar surface area (TPSA) is 41.6 Å². The van der Waals surface area contributed by atoms with Crippen LogP contribution in [0.15, 0.2) is 18.2 Å². The first kappa shape index (κ1) is 15.1. The highest BCUT2D eigenvalue weighted by Gasteiger charge is 2.22. The molecule has 1 aliphatic heterocycles. The van der Waals surface area contributed by atoms with Crippen LogP contribution in [-0.4, -0.2) is 37.0 Å². The van der Waals surface area contributed by atoms with Crippen LogP contribution >= 0.6 is 11.6 Å². The van der Waals surface area contributed by atoms with Crippen molar-refractivity contribution in [3.63, 3.8) is 0 Å². The van der Waals surface area contributed by atoms with Crippen LogP contribution in [0.4, 0.5) is 0 Å². The summed E-state index contributed by atoms with van der Waals surface area (Å²) in [7, 11) is 1.63. The Labute approximate surface area is 125 Å². The number of amides is 1. The van der Waals surface area contributed by atoms with Gasteiger partial charge < -0.3 is 15.0 Å². The molecule has 1 aliphatic rings. The minimum atomic E-state index is -0.197. The number of nitrogens with one attached hydrogen (secondary N) is 1. The van der Waals surface area contributed by atoms with E-state index in [1.54, 1.807) is 13.2 Å². The Kier molecular flexibility index (Phi) is 5.26. The van der Waals surface area contributed by atoms with Crippen molar-refractivity contribution >= 4 is 17.5 Å². The van der Waals surface area contributed by atoms with Gasteiger partial charge in [-0.2, -0.15) is 0 Å². The normalized spacial score (nSPS) is 16.2. The summed E-state index contributed by atoms with van der Waals surface area (Å²) in [6.07, 6.45) is 2.22. The van der Waals surface area contributed by atoms with Crippen molar-refractivity contribution in [3.8, 4) is 5.75 Å². The molecule has 1 aromatic rings. The fourth-order valence-electron chi connectivity index (χ4n) is 2.45. The van der Waals surface area contributed by atoms with Gasteiger partial charge in [-0.3, -0.25) is 4.79 Å². The van der Waals surface area contributed by atoms with Gasteiger partial charge in [-0.25, -0.2) is 0 Å². The van der Waals surface area contributed by atoms with E-state index in [4.69, 9.17) is 16.3 Å². The van der Waals surface area contributed by atoms with Crippen molar-refractivity contribution in [2.45, 2.75) is 32.4 Å². The summed E-state index contributed by atoms with van der Waals surface area (Å²) in [5.41, 5.74) is 0.959. The van der Waals surface area contributed by atoms with E-state index in [2.05, 4.69) is 5.32 Å². The van der Waals surface area contributed by atoms with Gasteiger partial charge in [0, 0.05) is 30.2 Å². The monoisotopic (exact) mass is 296 g/mol. The molecule has 1 saturated heterocycles. The predicted octanol–water partition coefficient (Wildman–Crippen LogP) is 2.45. The summed E-state index contributed by atoms with van der Waals surface area (Å²) in [5, 5.41) is 3.92. The van der Waals surface area contributed by atoms with Crippen LogP contribution < -0.4 is 10.1 Å². The number of halogens is 1. The smallest absolute Gasteiger partial charge is 0.239 e. The highest BCUT2D eigenvalue weighted by molar-refractivity contribution is 6.30. The zero-order chi connectivity index (χ0) is 14.5. The number of benzene rings is 1. The van der Waals surface area contributed by atoms with Crippen molar-refractivity contribution in [3.05, 3.63) is 28.8 Å². The zero-order valence-corrected chi connectivity index (χ0v) is 12.7. The van der Waals surface area contributed by atoms with Crippen LogP contribution in [0.2, 0.25) is 5.02 Å². The first-order chi connectivity index (χ1) is 9.61. The van der Waals surface area contributed by atoms with Crippen LogP contribution in [0.3, 0.4) is 0 Å². The molecule has 0 spiro atoms. The predicted molar refractivity (Wildman–Crippen MR) is 80.1 cm³/mol. The Balaban J connectivity index is 1.94. The lowest BCUT2D eigenvalue weighted by Gasteiger charge is -2.21. The molecule has 0 saturated carbocycles. The average Bonchev–Trinajstić information content (AvgIpc) is 2.98. The molecule has 20 heavy (non-hydrogen) atoms. The van der Waals surface area contributed by atoms with E-state index in [9.17, 15) is 4.79 Å². The van der Waals surface area contributed by atoms with Crippen LogP contribution in [0.1, 0.15) is 25.3 Å². The number of nitrogens with zero attached hydrogens (tertiary/aromatic N) is 1. The van der Waals surface area contributed by atoms with E-state index in [-0.39, 0.29) is 11.9 Å². The molecule has 2 rings (SSSR count). The SMILES string of the molecule is COc1ccc(Cl)cc1CNC(C)C(=O)N1CCCC1. The summed E-state index contributed by atoms with van der Waals surface area (Å²) in [6, 6.07) is 5.30. The van der Waals surface area contributed by atoms with Crippen LogP contribution in [0, 0.1) is 0 Å². The van der Waals surface area contributed by atoms with Gasteiger partial charge in [-0.05, 0) is 38.0 Å². The van der Waals surface area contributed by atoms with Gasteiger partial charge in [-0.1, -0.05) is 11.6 Å². The zero-order valence-electron chi connectivity index (χ0n) is 12.0. The quantitative estimate of drug-likeness (QED) is 0.907. The fraction of sp³-hybridized carbons (Fsp3) is 0.533. The maximum absolute atomic E-state index is 12.2. The first-order valence-electron chi connectivity index (χ1n) is 6.96. The molecule has 0 bridgehead atoms. The molecule has 1 fully saturated rings. The molecule has 0 radical (unpaired) electrons. The van der Waals surface area contributed by atoms with Crippen LogP contribution in [-0.2, 0) is 11.3 Å². The molecule has 1 heterocycles. The highest BCUT2D eigenvalue weighted by Crippen LogP contribution is 2.22. The van der Waals surface area contributed by atoms with Crippen molar-refractivity contribution in [2.75, 3.05) is 20.2 Å². The molecule has 110 valence electrons. The number of rotatable bonds is 5. The van der Waals surface area contributed by atoms with Crippen molar-refractivity contribution in [1.82, 2.24) is 10.2 Å². The van der Waals surface area contributed by atoms with Gasteiger partial charge in [0.1, 0.15) is 5.75 Å². The molecule has 0 aliphatic carbocycles. The highest BCUT2D eigenvalue weighted by atomic mass is 35.5. The molecule has 1 unspecified atom stereocenters. The van der Waals surface area contributed by atoms with E-state index < -0.39 is 0 Å². The second-order valence-corrected chi connectivity index (χ2v) is 5.53. The van der Waals surface area contributed by atoms with Crippen molar-refractivity contribution in [1.29, 1.82) is 0 Å². The average molecular weight is 297 g/mol. The lowest BCUT2D eigenvalue weighted by atomic mass is 10.2. The van der Waals surface area contributed by atoms with Gasteiger partial charge in [0.2, 0.25) is 5.91 Å². The van der Waals surface area contributed by atoms with E-state index in [1.807, 2.05) is 24.0 Å². The molecule has 1 atom stereocenters. The molecular formula is C15H21ClN2O2. The fourth-order valence-corrected chi connectivity index (χ4v) is 2.64. The summed E-state index contributed by atoms with van der Waals surface area (Å²) in [4.78, 5) is 14.1. The first-order valence-corrected chi connectivity index (χ1v) is 7.34. The maximum atomic E-state index is 12.2. The number of ether oxygens (including phenoxy) is 1. The van der Waals surface area contributed by atoms with Crippen molar-refractivity contribution in [2.24, 2.45) is 0 Å². The summed E-state index contributed by atoms with van der Waals surface area (Å²) >= 11 is 6.00. The number of likely N-dealkylation sites (tertiary alicyclic amines) is 1. The largest absolute Gasteiger partial charge is 0.496 e. The number of carbonyl (C=O) groups is 1. The van der Waals surface area contributed by atoms with E-state index in [0.717, 1.165) is 37.2 Å².